The number of aliphatic hydroxyl groups is 1. The largest absolute Gasteiger partial charge is 0.490 e. The molecule has 6 rings (SSSR count). The van der Waals surface area contributed by atoms with Gasteiger partial charge in [0.1, 0.15) is 5.75 Å². The number of hydrogen-bond acceptors (Lipinski definition) is 5. The number of aryl methyl sites for hydroxylation is 1. The quantitative estimate of drug-likeness (QED) is 0.326. The van der Waals surface area contributed by atoms with E-state index in [9.17, 15) is 14.1 Å². The first-order valence-corrected chi connectivity index (χ1v) is 16.7. The Morgan fingerprint density at radius 1 is 1.20 bits per heavy atom. The van der Waals surface area contributed by atoms with Gasteiger partial charge in [0.25, 0.3) is 5.91 Å². The van der Waals surface area contributed by atoms with Gasteiger partial charge < -0.3 is 14.7 Å². The Morgan fingerprint density at radius 2 is 2.05 bits per heavy atom. The van der Waals surface area contributed by atoms with Gasteiger partial charge in [-0.15, -0.1) is 0 Å². The van der Waals surface area contributed by atoms with E-state index in [4.69, 9.17) is 16.3 Å². The summed E-state index contributed by atoms with van der Waals surface area (Å²) in [4.78, 5) is 15.7. The van der Waals surface area contributed by atoms with Gasteiger partial charge in [0.15, 0.2) is 0 Å². The summed E-state index contributed by atoms with van der Waals surface area (Å²) in [5, 5.41) is 11.5. The number of ether oxygens (including phenoxy) is 1. The van der Waals surface area contributed by atoms with Crippen LogP contribution in [-0.4, -0.2) is 52.1 Å². The Labute approximate surface area is 242 Å². The first-order valence-electron chi connectivity index (χ1n) is 14.5. The van der Waals surface area contributed by atoms with Gasteiger partial charge in [0, 0.05) is 34.3 Å². The van der Waals surface area contributed by atoms with Gasteiger partial charge in [0.2, 0.25) is 0 Å². The molecule has 1 unspecified atom stereocenters. The van der Waals surface area contributed by atoms with E-state index in [1.807, 2.05) is 37.3 Å². The van der Waals surface area contributed by atoms with Gasteiger partial charge in [-0.3, -0.25) is 9.52 Å². The van der Waals surface area contributed by atoms with E-state index in [0.29, 0.717) is 30.9 Å². The van der Waals surface area contributed by atoms with E-state index in [-0.39, 0.29) is 22.5 Å². The van der Waals surface area contributed by atoms with Crippen LogP contribution in [0.5, 0.6) is 5.75 Å². The van der Waals surface area contributed by atoms with E-state index >= 15 is 0 Å². The molecule has 214 valence electrons. The number of carbonyl (C=O) groups is 1. The van der Waals surface area contributed by atoms with E-state index in [0.717, 1.165) is 61.7 Å². The molecular weight excluding hydrogens is 544 g/mol. The minimum atomic E-state index is -2.86. The standard InChI is InChI=1S/C32H39ClN2O4S/c1-21-6-3-4-8-29(36)26-12-9-24(26)18-35-19-32(15-5-7-22-16-25(33)11-13-27(22)32)20-39-30-14-10-23(17-28(30)35)31(37)34-40(21,2)38/h4,8,10-11,13-14,16-17,21,24,26,29,36H,2-3,5-7,9,12,15,18-20H2,1H3,(H,34,37,38)/b8-4+/t21-,24+,26-,29-,32+,40?/m1/s1. The zero-order chi connectivity index (χ0) is 28.1. The molecule has 1 fully saturated rings. The lowest BCUT2D eigenvalue weighted by atomic mass is 9.68. The number of amides is 1. The molecule has 40 heavy (non-hydrogen) atoms. The zero-order valence-corrected chi connectivity index (χ0v) is 24.7. The fourth-order valence-electron chi connectivity index (χ4n) is 7.03. The number of carbonyl (C=O) groups excluding carboxylic acids is 1. The van der Waals surface area contributed by atoms with Crippen molar-refractivity contribution in [2.24, 2.45) is 11.8 Å². The van der Waals surface area contributed by atoms with Crippen molar-refractivity contribution in [1.29, 1.82) is 0 Å². The lowest BCUT2D eigenvalue weighted by molar-refractivity contribution is 0.0456. The predicted octanol–water partition coefficient (Wildman–Crippen LogP) is 5.30. The van der Waals surface area contributed by atoms with Crippen molar-refractivity contribution in [3.63, 3.8) is 0 Å². The van der Waals surface area contributed by atoms with Crippen LogP contribution in [0.4, 0.5) is 5.69 Å². The SMILES string of the molecule is C=S1(=O)NC(=O)c2ccc3c(c2)N(C[C@@H]2CC[C@H]2[C@H](O)/C=C/CC[C@H]1C)C[C@@]1(CCCc2cc(Cl)ccc21)CO3. The summed E-state index contributed by atoms with van der Waals surface area (Å²) in [5.41, 5.74) is 3.68. The predicted molar refractivity (Wildman–Crippen MR) is 163 cm³/mol. The highest BCUT2D eigenvalue weighted by Gasteiger charge is 2.44. The maximum atomic E-state index is 13.4. The highest BCUT2D eigenvalue weighted by Crippen LogP contribution is 2.46. The second kappa shape index (κ2) is 10.7. The van der Waals surface area contributed by atoms with Crippen LogP contribution in [0.15, 0.2) is 48.6 Å². The average molecular weight is 583 g/mol. The molecule has 2 aliphatic carbocycles. The van der Waals surface area contributed by atoms with Gasteiger partial charge in [0.05, 0.1) is 28.1 Å². The van der Waals surface area contributed by atoms with Crippen LogP contribution in [0.25, 0.3) is 0 Å². The molecule has 0 aromatic heterocycles. The summed E-state index contributed by atoms with van der Waals surface area (Å²) in [7, 11) is -2.86. The Bertz CT molecular complexity index is 1440. The summed E-state index contributed by atoms with van der Waals surface area (Å²) in [6, 6.07) is 11.7. The number of nitrogens with zero attached hydrogens (tertiary/aromatic N) is 1. The van der Waals surface area contributed by atoms with Gasteiger partial charge in [-0.1, -0.05) is 29.8 Å². The minimum absolute atomic E-state index is 0.186. The van der Waals surface area contributed by atoms with Crippen molar-refractivity contribution in [2.45, 2.75) is 68.6 Å². The molecular formula is C32H39ClN2O4S. The molecule has 2 aromatic carbocycles. The minimum Gasteiger partial charge on any atom is -0.490 e. The molecule has 1 spiro atoms. The smallest absolute Gasteiger partial charge is 0.262 e. The van der Waals surface area contributed by atoms with Crippen molar-refractivity contribution in [2.75, 3.05) is 24.6 Å². The lowest BCUT2D eigenvalue weighted by Gasteiger charge is -2.45. The molecule has 2 N–H and O–H groups in total. The summed E-state index contributed by atoms with van der Waals surface area (Å²) in [6.07, 6.45) is 9.77. The van der Waals surface area contributed by atoms with Crippen molar-refractivity contribution in [1.82, 2.24) is 4.72 Å². The number of benzene rings is 2. The number of halogens is 1. The first-order chi connectivity index (χ1) is 19.1. The Balaban J connectivity index is 1.42. The molecule has 8 heteroatoms. The number of anilines is 1. The van der Waals surface area contributed by atoms with Gasteiger partial charge in [-0.25, -0.2) is 4.21 Å². The van der Waals surface area contributed by atoms with Crippen LogP contribution in [0.2, 0.25) is 5.02 Å². The van der Waals surface area contributed by atoms with Crippen LogP contribution in [0.3, 0.4) is 0 Å². The van der Waals surface area contributed by atoms with Crippen LogP contribution in [-0.2, 0) is 21.5 Å². The number of rotatable bonds is 0. The fourth-order valence-corrected chi connectivity index (χ4v) is 8.37. The number of aliphatic hydroxyl groups excluding tert-OH is 1. The number of allylic oxidation sites excluding steroid dienone is 1. The monoisotopic (exact) mass is 582 g/mol. The van der Waals surface area contributed by atoms with Crippen LogP contribution < -0.4 is 14.4 Å². The van der Waals surface area contributed by atoms with E-state index in [1.165, 1.54) is 11.1 Å². The van der Waals surface area contributed by atoms with Crippen molar-refractivity contribution >= 4 is 38.8 Å². The Kier molecular flexibility index (Phi) is 7.43. The van der Waals surface area contributed by atoms with Crippen molar-refractivity contribution in [3.8, 4) is 5.75 Å². The number of fused-ring (bicyclic) bond motifs is 4. The zero-order valence-electron chi connectivity index (χ0n) is 23.1. The second-order valence-corrected chi connectivity index (χ2v) is 15.2. The van der Waals surface area contributed by atoms with E-state index < -0.39 is 15.8 Å². The summed E-state index contributed by atoms with van der Waals surface area (Å²) in [5.74, 6) is 4.77. The maximum Gasteiger partial charge on any atom is 0.262 e. The topological polar surface area (TPSA) is 78.9 Å². The van der Waals surface area contributed by atoms with E-state index in [1.54, 1.807) is 6.07 Å². The van der Waals surface area contributed by atoms with Gasteiger partial charge in [-0.2, -0.15) is 0 Å². The molecule has 1 amide bonds. The molecule has 2 aliphatic heterocycles. The molecule has 2 aromatic rings. The second-order valence-electron chi connectivity index (χ2n) is 12.3. The number of hydrogen-bond donors (Lipinski definition) is 2. The molecule has 0 radical (unpaired) electrons. The van der Waals surface area contributed by atoms with Crippen molar-refractivity contribution < 1.29 is 18.8 Å². The molecule has 2 bridgehead atoms. The third-order valence-electron chi connectivity index (χ3n) is 9.66. The Hall–Kier alpha value is -2.48. The lowest BCUT2D eigenvalue weighted by Crippen LogP contribution is -2.49. The van der Waals surface area contributed by atoms with Crippen LogP contribution >= 0.6 is 11.6 Å². The third kappa shape index (κ3) is 5.17. The molecule has 1 saturated carbocycles. The summed E-state index contributed by atoms with van der Waals surface area (Å²) >= 11 is 6.39. The fraction of sp³-hybridized carbons (Fsp3) is 0.500. The highest BCUT2D eigenvalue weighted by atomic mass is 35.5. The van der Waals surface area contributed by atoms with E-state index in [2.05, 4.69) is 27.6 Å². The maximum absolute atomic E-state index is 13.4. The van der Waals surface area contributed by atoms with Crippen molar-refractivity contribution in [3.05, 3.63) is 70.3 Å². The molecule has 6 atom stereocenters. The Morgan fingerprint density at radius 3 is 2.85 bits per heavy atom. The third-order valence-corrected chi connectivity index (χ3v) is 12.0. The van der Waals surface area contributed by atoms with Gasteiger partial charge in [-0.05, 0) is 111 Å². The van der Waals surface area contributed by atoms with Crippen LogP contribution in [0.1, 0.15) is 66.9 Å². The summed E-state index contributed by atoms with van der Waals surface area (Å²) < 4.78 is 22.6. The molecule has 0 saturated heterocycles. The molecule has 6 nitrogen and oxygen atoms in total. The number of nitrogens with one attached hydrogen (secondary N) is 1. The highest BCUT2D eigenvalue weighted by molar-refractivity contribution is 7.99. The molecule has 2 heterocycles. The molecule has 4 aliphatic rings. The first kappa shape index (κ1) is 27.7. The summed E-state index contributed by atoms with van der Waals surface area (Å²) in [6.45, 7) is 3.91. The van der Waals surface area contributed by atoms with Gasteiger partial charge >= 0.3 is 0 Å². The average Bonchev–Trinajstić information content (AvgIpc) is 3.05. The van der Waals surface area contributed by atoms with Crippen LogP contribution in [0, 0.1) is 11.8 Å². The normalized spacial score (nSPS) is 34.9.